The Morgan fingerprint density at radius 2 is 1.84 bits per heavy atom. The van der Waals surface area contributed by atoms with Gasteiger partial charge in [0, 0.05) is 10.2 Å². The van der Waals surface area contributed by atoms with Crippen LogP contribution in [0.3, 0.4) is 0 Å². The van der Waals surface area contributed by atoms with Gasteiger partial charge >= 0.3 is 6.03 Å². The van der Waals surface area contributed by atoms with Crippen molar-refractivity contribution in [2.45, 2.75) is 26.3 Å². The number of rotatable bonds is 5. The molecule has 0 heterocycles. The number of urea groups is 1. The minimum absolute atomic E-state index is 0.269. The normalized spacial score (nSPS) is 12.0. The average molecular weight is 328 g/mol. The van der Waals surface area contributed by atoms with Gasteiger partial charge in [-0.2, -0.15) is 0 Å². The van der Waals surface area contributed by atoms with Gasteiger partial charge in [0.1, 0.15) is 6.04 Å². The van der Waals surface area contributed by atoms with Crippen molar-refractivity contribution in [3.63, 3.8) is 0 Å². The highest BCUT2D eigenvalue weighted by molar-refractivity contribution is 9.10. The maximum atomic E-state index is 11.8. The van der Waals surface area contributed by atoms with Gasteiger partial charge in [0.05, 0.1) is 0 Å². The molecule has 0 aromatic heterocycles. The SMILES string of the molecule is CC(C)C[C@H](NC(=O)Nc1ccc(Br)cc1)C(N)=O. The Kier molecular flexibility index (Phi) is 5.82. The zero-order valence-electron chi connectivity index (χ0n) is 10.9. The number of primary amides is 1. The number of benzene rings is 1. The molecule has 5 nitrogen and oxygen atoms in total. The van der Waals surface area contributed by atoms with E-state index in [1.807, 2.05) is 26.0 Å². The topological polar surface area (TPSA) is 84.2 Å². The summed E-state index contributed by atoms with van der Waals surface area (Å²) in [6.45, 7) is 3.93. The van der Waals surface area contributed by atoms with Crippen LogP contribution < -0.4 is 16.4 Å². The van der Waals surface area contributed by atoms with E-state index in [0.717, 1.165) is 4.47 Å². The Morgan fingerprint density at radius 3 is 2.32 bits per heavy atom. The molecule has 0 bridgehead atoms. The second-order valence-electron chi connectivity index (χ2n) is 4.69. The van der Waals surface area contributed by atoms with E-state index in [-0.39, 0.29) is 5.92 Å². The lowest BCUT2D eigenvalue weighted by atomic mass is 10.0. The molecule has 104 valence electrons. The summed E-state index contributed by atoms with van der Waals surface area (Å²) in [6.07, 6.45) is 0.517. The van der Waals surface area contributed by atoms with Gasteiger partial charge in [-0.25, -0.2) is 4.79 Å². The summed E-state index contributed by atoms with van der Waals surface area (Å²) in [5.74, 6) is -0.259. The third-order valence-corrected chi connectivity index (χ3v) is 2.99. The molecule has 0 radical (unpaired) electrons. The standard InChI is InChI=1S/C13H18BrN3O2/c1-8(2)7-11(12(15)18)17-13(19)16-10-5-3-9(14)4-6-10/h3-6,8,11H,7H2,1-2H3,(H2,15,18)(H2,16,17,19)/t11-/m0/s1. The van der Waals surface area contributed by atoms with Crippen molar-refractivity contribution in [3.8, 4) is 0 Å². The van der Waals surface area contributed by atoms with Crippen molar-refractivity contribution in [1.82, 2.24) is 5.32 Å². The largest absolute Gasteiger partial charge is 0.368 e. The average Bonchev–Trinajstić information content (AvgIpc) is 2.30. The molecule has 0 fully saturated rings. The number of halogens is 1. The predicted octanol–water partition coefficient (Wildman–Crippen LogP) is 2.47. The van der Waals surface area contributed by atoms with Crippen LogP contribution in [0.15, 0.2) is 28.7 Å². The van der Waals surface area contributed by atoms with Gasteiger partial charge in [0.25, 0.3) is 0 Å². The van der Waals surface area contributed by atoms with Crippen molar-refractivity contribution in [2.24, 2.45) is 11.7 Å². The molecule has 0 aliphatic carbocycles. The molecule has 0 unspecified atom stereocenters. The van der Waals surface area contributed by atoms with E-state index < -0.39 is 18.0 Å². The first kappa shape index (κ1) is 15.5. The smallest absolute Gasteiger partial charge is 0.319 e. The van der Waals surface area contributed by atoms with Crippen LogP contribution in [0.4, 0.5) is 10.5 Å². The lowest BCUT2D eigenvalue weighted by Gasteiger charge is -2.17. The van der Waals surface area contributed by atoms with Crippen molar-refractivity contribution < 1.29 is 9.59 Å². The molecule has 0 aliphatic rings. The molecule has 4 N–H and O–H groups in total. The summed E-state index contributed by atoms with van der Waals surface area (Å²) in [5, 5.41) is 5.22. The summed E-state index contributed by atoms with van der Waals surface area (Å²) in [4.78, 5) is 23.0. The quantitative estimate of drug-likeness (QED) is 0.776. The Hall–Kier alpha value is -1.56. The van der Waals surface area contributed by atoms with Crippen LogP contribution in [-0.4, -0.2) is 18.0 Å². The number of hydrogen-bond donors (Lipinski definition) is 3. The van der Waals surface area contributed by atoms with Crippen LogP contribution in [0.5, 0.6) is 0 Å². The number of amides is 3. The van der Waals surface area contributed by atoms with Crippen molar-refractivity contribution >= 4 is 33.6 Å². The fourth-order valence-electron chi connectivity index (χ4n) is 1.58. The lowest BCUT2D eigenvalue weighted by molar-refractivity contribution is -0.120. The maximum Gasteiger partial charge on any atom is 0.319 e. The van der Waals surface area contributed by atoms with Gasteiger partial charge in [0.2, 0.25) is 5.91 Å². The van der Waals surface area contributed by atoms with E-state index in [2.05, 4.69) is 26.6 Å². The van der Waals surface area contributed by atoms with Crippen LogP contribution in [0, 0.1) is 5.92 Å². The highest BCUT2D eigenvalue weighted by atomic mass is 79.9. The fourth-order valence-corrected chi connectivity index (χ4v) is 1.84. The van der Waals surface area contributed by atoms with Crippen molar-refractivity contribution in [3.05, 3.63) is 28.7 Å². The highest BCUT2D eigenvalue weighted by Gasteiger charge is 2.19. The van der Waals surface area contributed by atoms with Crippen molar-refractivity contribution in [2.75, 3.05) is 5.32 Å². The molecule has 0 aliphatic heterocycles. The molecule has 0 spiro atoms. The second-order valence-corrected chi connectivity index (χ2v) is 5.61. The first-order valence-corrected chi connectivity index (χ1v) is 6.80. The van der Waals surface area contributed by atoms with E-state index >= 15 is 0 Å². The molecular weight excluding hydrogens is 310 g/mol. The minimum Gasteiger partial charge on any atom is -0.368 e. The third-order valence-electron chi connectivity index (χ3n) is 2.46. The molecule has 1 aromatic rings. The Labute approximate surface area is 121 Å². The number of carbonyl (C=O) groups is 2. The van der Waals surface area contributed by atoms with Gasteiger partial charge in [-0.1, -0.05) is 29.8 Å². The van der Waals surface area contributed by atoms with E-state index in [9.17, 15) is 9.59 Å². The monoisotopic (exact) mass is 327 g/mol. The van der Waals surface area contributed by atoms with Gasteiger partial charge < -0.3 is 16.4 Å². The fraction of sp³-hybridized carbons (Fsp3) is 0.385. The molecule has 3 amide bonds. The van der Waals surface area contributed by atoms with Gasteiger partial charge in [-0.15, -0.1) is 0 Å². The minimum atomic E-state index is -0.657. The number of carbonyl (C=O) groups excluding carboxylic acids is 2. The Morgan fingerprint density at radius 1 is 1.26 bits per heavy atom. The predicted molar refractivity (Wildman–Crippen MR) is 78.7 cm³/mol. The van der Waals surface area contributed by atoms with Crippen molar-refractivity contribution in [1.29, 1.82) is 0 Å². The zero-order valence-corrected chi connectivity index (χ0v) is 12.5. The summed E-state index contributed by atoms with van der Waals surface area (Å²) in [6, 6.07) is 6.05. The van der Waals surface area contributed by atoms with Gasteiger partial charge in [0.15, 0.2) is 0 Å². The summed E-state index contributed by atoms with van der Waals surface area (Å²) in [7, 11) is 0. The number of nitrogens with two attached hydrogens (primary N) is 1. The molecular formula is C13H18BrN3O2. The third kappa shape index (κ3) is 5.74. The molecule has 1 atom stereocenters. The lowest BCUT2D eigenvalue weighted by Crippen LogP contribution is -2.46. The number of anilines is 1. The molecule has 1 aromatic carbocycles. The summed E-state index contributed by atoms with van der Waals surface area (Å²) >= 11 is 3.31. The van der Waals surface area contributed by atoms with Gasteiger partial charge in [-0.05, 0) is 36.6 Å². The summed E-state index contributed by atoms with van der Waals surface area (Å²) in [5.41, 5.74) is 5.91. The van der Waals surface area contributed by atoms with Gasteiger partial charge in [-0.3, -0.25) is 4.79 Å². The number of nitrogens with one attached hydrogen (secondary N) is 2. The van der Waals surface area contributed by atoms with Crippen LogP contribution >= 0.6 is 15.9 Å². The molecule has 0 saturated carbocycles. The summed E-state index contributed by atoms with van der Waals surface area (Å²) < 4.78 is 0.924. The van der Waals surface area contributed by atoms with Crippen LogP contribution in [0.2, 0.25) is 0 Å². The van der Waals surface area contributed by atoms with Crippen LogP contribution in [-0.2, 0) is 4.79 Å². The maximum absolute atomic E-state index is 11.8. The second kappa shape index (κ2) is 7.13. The molecule has 19 heavy (non-hydrogen) atoms. The van der Waals surface area contributed by atoms with Crippen LogP contribution in [0.1, 0.15) is 20.3 Å². The van der Waals surface area contributed by atoms with E-state index in [0.29, 0.717) is 12.1 Å². The zero-order chi connectivity index (χ0) is 14.4. The molecule has 6 heteroatoms. The van der Waals surface area contributed by atoms with E-state index in [4.69, 9.17) is 5.73 Å². The van der Waals surface area contributed by atoms with E-state index in [1.165, 1.54) is 0 Å². The Bertz CT molecular complexity index is 446. The number of hydrogen-bond acceptors (Lipinski definition) is 2. The first-order valence-electron chi connectivity index (χ1n) is 6.01. The molecule has 1 rings (SSSR count). The molecule has 0 saturated heterocycles. The van der Waals surface area contributed by atoms with E-state index in [1.54, 1.807) is 12.1 Å². The highest BCUT2D eigenvalue weighted by Crippen LogP contribution is 2.14. The first-order chi connectivity index (χ1) is 8.88. The van der Waals surface area contributed by atoms with Crippen LogP contribution in [0.25, 0.3) is 0 Å². The Balaban J connectivity index is 2.57.